The van der Waals surface area contributed by atoms with Gasteiger partial charge in [0.2, 0.25) is 0 Å². The van der Waals surface area contributed by atoms with E-state index >= 15 is 0 Å². The Kier molecular flexibility index (Phi) is 8.82. The fourth-order valence-electron chi connectivity index (χ4n) is 3.21. The molecule has 2 N–H and O–H groups in total. The molecule has 0 unspecified atom stereocenters. The van der Waals surface area contributed by atoms with Gasteiger partial charge in [-0.15, -0.1) is 0 Å². The summed E-state index contributed by atoms with van der Waals surface area (Å²) in [5.41, 5.74) is -8.34. The van der Waals surface area contributed by atoms with E-state index in [0.717, 1.165) is 6.92 Å². The molecule has 2 aromatic carbocycles. The maximum Gasteiger partial charge on any atom is 0.435 e. The smallest absolute Gasteiger partial charge is 0.349 e. The summed E-state index contributed by atoms with van der Waals surface area (Å²) in [7, 11) is -2.80. The van der Waals surface area contributed by atoms with Crippen LogP contribution in [0.3, 0.4) is 0 Å². The normalized spacial score (nSPS) is 13.4. The molecule has 0 spiro atoms. The second-order valence-electron chi connectivity index (χ2n) is 7.69. The van der Waals surface area contributed by atoms with Gasteiger partial charge in [0.25, 0.3) is 11.8 Å². The molecule has 0 aromatic heterocycles. The molecule has 0 heterocycles. The van der Waals surface area contributed by atoms with Crippen LogP contribution in [0.25, 0.3) is 0 Å². The van der Waals surface area contributed by atoms with Crippen LogP contribution in [0.4, 0.5) is 36.4 Å². The van der Waals surface area contributed by atoms with Crippen LogP contribution < -0.4 is 10.6 Å². The zero-order chi connectivity index (χ0) is 27.6. The number of anilines is 1. The highest BCUT2D eigenvalue weighted by atomic mass is 79.9. The van der Waals surface area contributed by atoms with E-state index in [4.69, 9.17) is 0 Å². The molecule has 0 aliphatic carbocycles. The van der Waals surface area contributed by atoms with Crippen LogP contribution in [0, 0.1) is 6.92 Å². The van der Waals surface area contributed by atoms with Gasteiger partial charge in [-0.3, -0.25) is 9.59 Å². The lowest BCUT2D eigenvalue weighted by molar-refractivity contribution is -0.348. The quantitative estimate of drug-likeness (QED) is 0.305. The van der Waals surface area contributed by atoms with E-state index in [1.54, 1.807) is 0 Å². The van der Waals surface area contributed by atoms with Crippen molar-refractivity contribution in [2.45, 2.75) is 37.9 Å². The van der Waals surface area contributed by atoms with Crippen molar-refractivity contribution < 1.29 is 48.7 Å². The summed E-state index contributed by atoms with van der Waals surface area (Å²) in [6.45, 7) is 2.48. The molecule has 6 nitrogen and oxygen atoms in total. The highest BCUT2D eigenvalue weighted by Crippen LogP contribution is 2.53. The predicted molar refractivity (Wildman–Crippen MR) is 120 cm³/mol. The second kappa shape index (κ2) is 10.7. The Hall–Kier alpha value is -2.68. The Balaban J connectivity index is 2.41. The number of aryl methyl sites for hydroxylation is 1. The summed E-state index contributed by atoms with van der Waals surface area (Å²) in [4.78, 5) is 25.5. The van der Waals surface area contributed by atoms with E-state index in [-0.39, 0.29) is 38.7 Å². The molecule has 0 bridgehead atoms. The summed E-state index contributed by atoms with van der Waals surface area (Å²) in [6.07, 6.45) is -12.6. The van der Waals surface area contributed by atoms with Crippen LogP contribution in [0.15, 0.2) is 40.9 Å². The molecule has 0 aliphatic heterocycles. The number of alkyl halides is 7. The molecule has 36 heavy (non-hydrogen) atoms. The Morgan fingerprint density at radius 2 is 1.56 bits per heavy atom. The third-order valence-corrected chi connectivity index (χ3v) is 6.45. The third-order valence-electron chi connectivity index (χ3n) is 4.94. The van der Waals surface area contributed by atoms with Crippen LogP contribution in [0.2, 0.25) is 0 Å². The van der Waals surface area contributed by atoms with Crippen molar-refractivity contribution in [1.29, 1.82) is 0 Å². The van der Waals surface area contributed by atoms with Crippen molar-refractivity contribution in [3.8, 4) is 0 Å². The van der Waals surface area contributed by atoms with Crippen LogP contribution >= 0.6 is 15.9 Å². The van der Waals surface area contributed by atoms with Crippen LogP contribution in [-0.4, -0.2) is 44.4 Å². The average Bonchev–Trinajstić information content (AvgIpc) is 2.71. The molecule has 15 heteroatoms. The first kappa shape index (κ1) is 29.5. The summed E-state index contributed by atoms with van der Waals surface area (Å²) in [5.74, 6) is -2.15. The summed E-state index contributed by atoms with van der Waals surface area (Å²) in [5, 5.41) is 4.67. The van der Waals surface area contributed by atoms with Gasteiger partial charge >= 0.3 is 18.0 Å². The molecule has 2 aromatic rings. The molecule has 0 saturated heterocycles. The van der Waals surface area contributed by atoms with Gasteiger partial charge in [-0.1, -0.05) is 18.2 Å². The van der Waals surface area contributed by atoms with E-state index < -0.39 is 52.1 Å². The molecule has 2 amide bonds. The summed E-state index contributed by atoms with van der Waals surface area (Å²) in [6, 6.07) is 4.46. The predicted octanol–water partition coefficient (Wildman–Crippen LogP) is 5.03. The number of amides is 2. The van der Waals surface area contributed by atoms with Crippen LogP contribution in [-0.2, 0) is 16.4 Å². The lowest BCUT2D eigenvalue weighted by Crippen LogP contribution is -2.50. The first-order valence-electron chi connectivity index (χ1n) is 9.86. The van der Waals surface area contributed by atoms with Crippen molar-refractivity contribution in [3.63, 3.8) is 0 Å². The van der Waals surface area contributed by atoms with Crippen LogP contribution in [0.1, 0.15) is 38.8 Å². The van der Waals surface area contributed by atoms with Gasteiger partial charge in [-0.25, -0.2) is 12.8 Å². The SMILES string of the molecule is Cc1cc(C(F)(C(F)(F)F)C(F)(F)F)ccc1NC(=O)c1cccc(Br)c1C(=O)N[C@@H](C)C[SH](=O)=O. The fraction of sp³-hybridized carbons (Fsp3) is 0.333. The minimum absolute atomic E-state index is 0.149. The van der Waals surface area contributed by atoms with Gasteiger partial charge in [0.15, 0.2) is 0 Å². The van der Waals surface area contributed by atoms with E-state index in [0.29, 0.717) is 12.1 Å². The number of carbonyl (C=O) groups is 2. The zero-order valence-corrected chi connectivity index (χ0v) is 20.8. The zero-order valence-electron chi connectivity index (χ0n) is 18.4. The Labute approximate surface area is 210 Å². The van der Waals surface area contributed by atoms with Crippen molar-refractivity contribution in [3.05, 3.63) is 63.1 Å². The summed E-state index contributed by atoms with van der Waals surface area (Å²) < 4.78 is 114. The van der Waals surface area contributed by atoms with E-state index in [2.05, 4.69) is 26.6 Å². The van der Waals surface area contributed by atoms with Gasteiger partial charge in [0, 0.05) is 21.8 Å². The molecular weight excluding hydrogens is 589 g/mol. The number of thiol groups is 1. The van der Waals surface area contributed by atoms with Gasteiger partial charge in [-0.2, -0.15) is 26.3 Å². The Bertz CT molecular complexity index is 1220. The second-order valence-corrected chi connectivity index (χ2v) is 9.57. The minimum atomic E-state index is -6.29. The fourth-order valence-corrected chi connectivity index (χ4v) is 4.29. The third kappa shape index (κ3) is 6.17. The van der Waals surface area contributed by atoms with Crippen molar-refractivity contribution >= 4 is 44.1 Å². The monoisotopic (exact) mass is 606 g/mol. The minimum Gasteiger partial charge on any atom is -0.349 e. The topological polar surface area (TPSA) is 92.3 Å². The highest BCUT2D eigenvalue weighted by Gasteiger charge is 2.73. The molecule has 2 rings (SSSR count). The number of hydrogen-bond acceptors (Lipinski definition) is 4. The van der Waals surface area contributed by atoms with Gasteiger partial charge < -0.3 is 10.6 Å². The molecule has 1 atom stereocenters. The number of benzene rings is 2. The molecule has 198 valence electrons. The number of nitrogens with one attached hydrogen (secondary N) is 2. The molecule has 0 fully saturated rings. The Morgan fingerprint density at radius 3 is 2.06 bits per heavy atom. The van der Waals surface area contributed by atoms with Crippen molar-refractivity contribution in [2.75, 3.05) is 11.1 Å². The van der Waals surface area contributed by atoms with Gasteiger partial charge in [0.05, 0.1) is 16.9 Å². The van der Waals surface area contributed by atoms with Crippen molar-refractivity contribution in [2.24, 2.45) is 0 Å². The molecule has 0 saturated carbocycles. The van der Waals surface area contributed by atoms with E-state index in [9.17, 15) is 48.7 Å². The van der Waals surface area contributed by atoms with Crippen LogP contribution in [0.5, 0.6) is 0 Å². The first-order chi connectivity index (χ1) is 16.4. The van der Waals surface area contributed by atoms with Gasteiger partial charge in [0.1, 0.15) is 10.7 Å². The largest absolute Gasteiger partial charge is 0.435 e. The number of hydrogen-bond donors (Lipinski definition) is 3. The highest BCUT2D eigenvalue weighted by molar-refractivity contribution is 9.10. The summed E-state index contributed by atoms with van der Waals surface area (Å²) >= 11 is 3.11. The molecular formula is C21H18BrF7N2O4S. The standard InChI is InChI=1S/C21H18BrF7N2O4S/c1-10-8-12(19(23,20(24,25)26)21(27,28)29)6-7-15(10)31-17(32)13-4-3-5-14(22)16(13)18(33)30-11(2)9-36(34)35/h3-8,11,36H,9H2,1-2H3,(H,30,33)(H,31,32)/t11-/m0/s1. The lowest BCUT2D eigenvalue weighted by atomic mass is 9.92. The molecule has 0 radical (unpaired) electrons. The van der Waals surface area contributed by atoms with E-state index in [1.165, 1.54) is 25.1 Å². The maximum atomic E-state index is 14.3. The Morgan fingerprint density at radius 1 is 0.972 bits per heavy atom. The van der Waals surface area contributed by atoms with Crippen molar-refractivity contribution in [1.82, 2.24) is 5.32 Å². The van der Waals surface area contributed by atoms with E-state index in [1.807, 2.05) is 0 Å². The number of halogens is 8. The number of carbonyl (C=O) groups excluding carboxylic acids is 2. The first-order valence-corrected chi connectivity index (χ1v) is 12.0. The lowest BCUT2D eigenvalue weighted by Gasteiger charge is -2.30. The number of rotatable bonds is 7. The maximum absolute atomic E-state index is 14.3. The average molecular weight is 607 g/mol. The van der Waals surface area contributed by atoms with Gasteiger partial charge in [-0.05, 0) is 53.5 Å². The molecule has 0 aliphatic rings.